The van der Waals surface area contributed by atoms with Crippen LogP contribution in [0.2, 0.25) is 10.0 Å². The molecule has 0 amide bonds. The summed E-state index contributed by atoms with van der Waals surface area (Å²) < 4.78 is 0. The molecule has 0 aromatic heterocycles. The molecule has 2 nitrogen and oxygen atoms in total. The van der Waals surface area contributed by atoms with Crippen molar-refractivity contribution in [3.8, 4) is 0 Å². The van der Waals surface area contributed by atoms with Crippen molar-refractivity contribution in [2.75, 3.05) is 17.6 Å². The lowest BCUT2D eigenvalue weighted by atomic mass is 10.2. The van der Waals surface area contributed by atoms with E-state index in [0.29, 0.717) is 10.0 Å². The quantitative estimate of drug-likeness (QED) is 0.665. The van der Waals surface area contributed by atoms with Crippen LogP contribution in [0.25, 0.3) is 0 Å². The summed E-state index contributed by atoms with van der Waals surface area (Å²) in [4.78, 5) is 2.18. The minimum Gasteiger partial charge on any atom is -0.333 e. The molecular formula is C17H16Cl2N2S2. The summed E-state index contributed by atoms with van der Waals surface area (Å²) in [6.07, 6.45) is 0. The molecule has 1 unspecified atom stereocenters. The Kier molecular flexibility index (Phi) is 5.37. The highest BCUT2D eigenvalue weighted by Gasteiger charge is 2.30. The summed E-state index contributed by atoms with van der Waals surface area (Å²) in [7, 11) is 0. The maximum absolute atomic E-state index is 6.37. The Morgan fingerprint density at radius 1 is 1.22 bits per heavy atom. The topological polar surface area (TPSA) is 15.3 Å². The molecule has 1 N–H and O–H groups in total. The van der Waals surface area contributed by atoms with Crippen molar-refractivity contribution in [2.24, 2.45) is 0 Å². The first kappa shape index (κ1) is 16.9. The highest BCUT2D eigenvalue weighted by atomic mass is 35.5. The maximum Gasteiger partial charge on any atom is 0.174 e. The number of anilines is 1. The van der Waals surface area contributed by atoms with Gasteiger partial charge < -0.3 is 10.2 Å². The molecule has 2 aromatic carbocycles. The van der Waals surface area contributed by atoms with Gasteiger partial charge in [-0.3, -0.25) is 0 Å². The summed E-state index contributed by atoms with van der Waals surface area (Å²) in [6.45, 7) is 2.96. The van der Waals surface area contributed by atoms with Gasteiger partial charge in [-0.05, 0) is 43.4 Å². The lowest BCUT2D eigenvalue weighted by molar-refractivity contribution is 0.458. The minimum absolute atomic E-state index is 0.116. The standard InChI is InChI=1S/C17H16Cl2N2S2/c1-11-2-5-13(6-3-11)20-17(22)21-8-9-23-16(21)14-7-4-12(18)10-15(14)19/h2-7,10,16H,8-9H2,1H3,(H,20,22). The average molecular weight is 383 g/mol. The van der Waals surface area contributed by atoms with Gasteiger partial charge in [-0.2, -0.15) is 0 Å². The van der Waals surface area contributed by atoms with Crippen molar-refractivity contribution in [3.05, 3.63) is 63.6 Å². The normalized spacial score (nSPS) is 17.3. The van der Waals surface area contributed by atoms with Crippen LogP contribution < -0.4 is 5.32 Å². The Bertz CT molecular complexity index is 719. The number of thiocarbonyl (C=S) groups is 1. The van der Waals surface area contributed by atoms with E-state index in [1.54, 1.807) is 6.07 Å². The summed E-state index contributed by atoms with van der Waals surface area (Å²) in [5, 5.41) is 5.48. The Morgan fingerprint density at radius 3 is 2.65 bits per heavy atom. The van der Waals surface area contributed by atoms with Gasteiger partial charge in [0.1, 0.15) is 5.37 Å². The zero-order valence-electron chi connectivity index (χ0n) is 12.6. The van der Waals surface area contributed by atoms with Crippen molar-refractivity contribution in [1.82, 2.24) is 4.90 Å². The highest BCUT2D eigenvalue weighted by molar-refractivity contribution is 7.99. The van der Waals surface area contributed by atoms with Gasteiger partial charge in [0.15, 0.2) is 5.11 Å². The second-order valence-corrected chi connectivity index (χ2v) is 7.80. The molecule has 1 fully saturated rings. The fourth-order valence-corrected chi connectivity index (χ4v) is 4.73. The monoisotopic (exact) mass is 382 g/mol. The number of halogens is 2. The molecule has 6 heteroatoms. The largest absolute Gasteiger partial charge is 0.333 e. The molecule has 3 rings (SSSR count). The number of aryl methyl sites for hydroxylation is 1. The lowest BCUT2D eigenvalue weighted by Gasteiger charge is -2.27. The summed E-state index contributed by atoms with van der Waals surface area (Å²) in [5.41, 5.74) is 3.27. The zero-order chi connectivity index (χ0) is 16.4. The van der Waals surface area contributed by atoms with Gasteiger partial charge >= 0.3 is 0 Å². The highest BCUT2D eigenvalue weighted by Crippen LogP contribution is 2.41. The van der Waals surface area contributed by atoms with E-state index in [1.807, 2.05) is 36.0 Å². The summed E-state index contributed by atoms with van der Waals surface area (Å²) in [6, 6.07) is 13.8. The SMILES string of the molecule is Cc1ccc(NC(=S)N2CCSC2c2ccc(Cl)cc2Cl)cc1. The van der Waals surface area contributed by atoms with E-state index >= 15 is 0 Å². The first-order valence-electron chi connectivity index (χ1n) is 7.25. The third kappa shape index (κ3) is 3.94. The average Bonchev–Trinajstić information content (AvgIpc) is 2.99. The van der Waals surface area contributed by atoms with Gasteiger partial charge in [0.2, 0.25) is 0 Å². The lowest BCUT2D eigenvalue weighted by Crippen LogP contribution is -2.34. The molecule has 1 aliphatic rings. The number of thioether (sulfide) groups is 1. The maximum atomic E-state index is 6.37. The van der Waals surface area contributed by atoms with Crippen LogP contribution >= 0.6 is 47.2 Å². The van der Waals surface area contributed by atoms with Crippen molar-refractivity contribution in [1.29, 1.82) is 0 Å². The van der Waals surface area contributed by atoms with Crippen molar-refractivity contribution in [2.45, 2.75) is 12.3 Å². The van der Waals surface area contributed by atoms with E-state index in [-0.39, 0.29) is 5.37 Å². The Labute approximate surface area is 156 Å². The number of rotatable bonds is 2. The Hall–Kier alpha value is -0.940. The summed E-state index contributed by atoms with van der Waals surface area (Å²) in [5.74, 6) is 1.01. The molecule has 120 valence electrons. The third-order valence-electron chi connectivity index (χ3n) is 3.68. The zero-order valence-corrected chi connectivity index (χ0v) is 15.7. The molecule has 0 aliphatic carbocycles. The van der Waals surface area contributed by atoms with Gasteiger partial charge in [-0.25, -0.2) is 0 Å². The van der Waals surface area contributed by atoms with Gasteiger partial charge in [0, 0.05) is 33.6 Å². The van der Waals surface area contributed by atoms with E-state index in [0.717, 1.165) is 28.7 Å². The summed E-state index contributed by atoms with van der Waals surface area (Å²) >= 11 is 19.8. The predicted octanol–water partition coefficient (Wildman–Crippen LogP) is 5.75. The molecule has 1 heterocycles. The van der Waals surface area contributed by atoms with Crippen LogP contribution in [0.1, 0.15) is 16.5 Å². The van der Waals surface area contributed by atoms with Crippen LogP contribution in [0.4, 0.5) is 5.69 Å². The second-order valence-electron chi connectivity index (χ2n) is 5.38. The third-order valence-corrected chi connectivity index (χ3v) is 5.82. The predicted molar refractivity (Wildman–Crippen MR) is 106 cm³/mol. The molecule has 23 heavy (non-hydrogen) atoms. The van der Waals surface area contributed by atoms with E-state index < -0.39 is 0 Å². The molecule has 0 spiro atoms. The number of hydrogen-bond acceptors (Lipinski definition) is 2. The number of benzene rings is 2. The first-order valence-corrected chi connectivity index (χ1v) is 9.47. The molecule has 0 saturated carbocycles. The Morgan fingerprint density at radius 2 is 1.96 bits per heavy atom. The van der Waals surface area contributed by atoms with Crippen LogP contribution in [-0.4, -0.2) is 22.3 Å². The van der Waals surface area contributed by atoms with E-state index in [9.17, 15) is 0 Å². The fraction of sp³-hybridized carbons (Fsp3) is 0.235. The molecule has 0 radical (unpaired) electrons. The van der Waals surface area contributed by atoms with Crippen LogP contribution in [0.5, 0.6) is 0 Å². The number of hydrogen-bond donors (Lipinski definition) is 1. The van der Waals surface area contributed by atoms with Crippen molar-refractivity contribution >= 4 is 58.0 Å². The van der Waals surface area contributed by atoms with Crippen molar-refractivity contribution in [3.63, 3.8) is 0 Å². The number of nitrogens with zero attached hydrogens (tertiary/aromatic N) is 1. The molecule has 0 bridgehead atoms. The molecule has 1 saturated heterocycles. The molecule has 2 aromatic rings. The molecule has 1 atom stereocenters. The van der Waals surface area contributed by atoms with Crippen molar-refractivity contribution < 1.29 is 0 Å². The first-order chi connectivity index (χ1) is 11.0. The minimum atomic E-state index is 0.116. The van der Waals surface area contributed by atoms with Crippen LogP contribution in [0, 0.1) is 6.92 Å². The molecule has 1 aliphatic heterocycles. The molecular weight excluding hydrogens is 367 g/mol. The number of nitrogens with one attached hydrogen (secondary N) is 1. The van der Waals surface area contributed by atoms with E-state index in [4.69, 9.17) is 35.4 Å². The van der Waals surface area contributed by atoms with E-state index in [2.05, 4.69) is 29.3 Å². The smallest absolute Gasteiger partial charge is 0.174 e. The van der Waals surface area contributed by atoms with Gasteiger partial charge in [-0.15, -0.1) is 11.8 Å². The van der Waals surface area contributed by atoms with Crippen LogP contribution in [0.3, 0.4) is 0 Å². The van der Waals surface area contributed by atoms with Crippen LogP contribution in [-0.2, 0) is 0 Å². The van der Waals surface area contributed by atoms with Gasteiger partial charge in [0.05, 0.1) is 0 Å². The Balaban J connectivity index is 1.78. The van der Waals surface area contributed by atoms with Crippen LogP contribution in [0.15, 0.2) is 42.5 Å². The van der Waals surface area contributed by atoms with E-state index in [1.165, 1.54) is 5.56 Å². The fourth-order valence-electron chi connectivity index (χ4n) is 2.47. The van der Waals surface area contributed by atoms with Gasteiger partial charge in [-0.1, -0.05) is 47.0 Å². The van der Waals surface area contributed by atoms with Gasteiger partial charge in [0.25, 0.3) is 0 Å². The second kappa shape index (κ2) is 7.31.